The van der Waals surface area contributed by atoms with Gasteiger partial charge in [-0.3, -0.25) is 9.59 Å². The van der Waals surface area contributed by atoms with Crippen molar-refractivity contribution < 1.29 is 19.5 Å². The van der Waals surface area contributed by atoms with Crippen LogP contribution in [0.25, 0.3) is 0 Å². The van der Waals surface area contributed by atoms with Crippen LogP contribution in [0.2, 0.25) is 0 Å². The third-order valence-corrected chi connectivity index (χ3v) is 3.53. The van der Waals surface area contributed by atoms with E-state index < -0.39 is 36.0 Å². The Bertz CT molecular complexity index is 388. The summed E-state index contributed by atoms with van der Waals surface area (Å²) in [6.07, 6.45) is 2.13. The number of aldehydes is 1. The standard InChI is InChI=1S/C16H31N3O4/c1-5-6-7-13(17)14(21)16(23)18-11(4)15(22)19-12(9-20)8-10(2)3/h9-14,21H,5-8,17H2,1-4H3,(H,18,23)(H,19,22)/t11-,12-,13+,14-/m0/s1. The van der Waals surface area contributed by atoms with Crippen molar-refractivity contribution >= 4 is 18.1 Å². The maximum Gasteiger partial charge on any atom is 0.251 e. The number of hydrogen-bond donors (Lipinski definition) is 4. The molecule has 0 aliphatic rings. The summed E-state index contributed by atoms with van der Waals surface area (Å²) in [5.74, 6) is -0.887. The predicted octanol–water partition coefficient (Wildman–Crippen LogP) is 0.0993. The van der Waals surface area contributed by atoms with Crippen LogP contribution in [0.1, 0.15) is 53.4 Å². The number of aliphatic hydroxyl groups excluding tert-OH is 1. The van der Waals surface area contributed by atoms with E-state index in [1.807, 2.05) is 20.8 Å². The van der Waals surface area contributed by atoms with Gasteiger partial charge in [0.1, 0.15) is 18.4 Å². The summed E-state index contributed by atoms with van der Waals surface area (Å²) in [5.41, 5.74) is 5.76. The van der Waals surface area contributed by atoms with Gasteiger partial charge in [0.15, 0.2) is 0 Å². The lowest BCUT2D eigenvalue weighted by atomic mass is 10.0. The molecule has 0 fully saturated rings. The Balaban J connectivity index is 4.44. The van der Waals surface area contributed by atoms with E-state index in [1.54, 1.807) is 0 Å². The van der Waals surface area contributed by atoms with Crippen LogP contribution < -0.4 is 16.4 Å². The molecule has 0 aromatic heterocycles. The Morgan fingerprint density at radius 3 is 2.26 bits per heavy atom. The van der Waals surface area contributed by atoms with E-state index in [1.165, 1.54) is 6.92 Å². The van der Waals surface area contributed by atoms with E-state index in [0.717, 1.165) is 12.8 Å². The van der Waals surface area contributed by atoms with E-state index >= 15 is 0 Å². The molecule has 0 saturated carbocycles. The fourth-order valence-electron chi connectivity index (χ4n) is 2.12. The highest BCUT2D eigenvalue weighted by Gasteiger charge is 2.26. The minimum absolute atomic E-state index is 0.258. The molecule has 0 saturated heterocycles. The van der Waals surface area contributed by atoms with Crippen LogP contribution in [0, 0.1) is 5.92 Å². The van der Waals surface area contributed by atoms with Crippen LogP contribution in [0.4, 0.5) is 0 Å². The second-order valence-corrected chi connectivity index (χ2v) is 6.36. The molecule has 0 bridgehead atoms. The molecule has 134 valence electrons. The van der Waals surface area contributed by atoms with Crippen molar-refractivity contribution in [3.8, 4) is 0 Å². The van der Waals surface area contributed by atoms with Crippen molar-refractivity contribution in [3.63, 3.8) is 0 Å². The molecule has 0 aliphatic carbocycles. The van der Waals surface area contributed by atoms with Gasteiger partial charge < -0.3 is 26.3 Å². The molecule has 0 unspecified atom stereocenters. The van der Waals surface area contributed by atoms with Gasteiger partial charge in [0.2, 0.25) is 5.91 Å². The molecule has 23 heavy (non-hydrogen) atoms. The van der Waals surface area contributed by atoms with Gasteiger partial charge in [0, 0.05) is 6.04 Å². The minimum Gasteiger partial charge on any atom is -0.382 e. The van der Waals surface area contributed by atoms with Gasteiger partial charge in [-0.2, -0.15) is 0 Å². The monoisotopic (exact) mass is 329 g/mol. The maximum atomic E-state index is 12.0. The number of carbonyl (C=O) groups excluding carboxylic acids is 3. The van der Waals surface area contributed by atoms with E-state index in [0.29, 0.717) is 19.1 Å². The Morgan fingerprint density at radius 1 is 1.17 bits per heavy atom. The van der Waals surface area contributed by atoms with Crippen LogP contribution in [-0.4, -0.2) is 47.4 Å². The van der Waals surface area contributed by atoms with Crippen molar-refractivity contribution in [2.24, 2.45) is 11.7 Å². The third-order valence-electron chi connectivity index (χ3n) is 3.53. The Morgan fingerprint density at radius 2 is 1.78 bits per heavy atom. The summed E-state index contributed by atoms with van der Waals surface area (Å²) in [6, 6.07) is -2.10. The molecule has 0 spiro atoms. The van der Waals surface area contributed by atoms with Crippen LogP contribution >= 0.6 is 0 Å². The number of carbonyl (C=O) groups is 3. The second kappa shape index (κ2) is 11.1. The van der Waals surface area contributed by atoms with Gasteiger partial charge in [-0.05, 0) is 25.7 Å². The van der Waals surface area contributed by atoms with Crippen molar-refractivity contribution in [1.29, 1.82) is 0 Å². The smallest absolute Gasteiger partial charge is 0.251 e. The van der Waals surface area contributed by atoms with Gasteiger partial charge in [-0.25, -0.2) is 0 Å². The molecule has 4 atom stereocenters. The van der Waals surface area contributed by atoms with Crippen molar-refractivity contribution in [2.45, 2.75) is 77.6 Å². The lowest BCUT2D eigenvalue weighted by Gasteiger charge is -2.22. The van der Waals surface area contributed by atoms with Gasteiger partial charge in [-0.15, -0.1) is 0 Å². The first-order valence-electron chi connectivity index (χ1n) is 8.22. The maximum absolute atomic E-state index is 12.0. The first-order valence-corrected chi connectivity index (χ1v) is 8.22. The lowest BCUT2D eigenvalue weighted by Crippen LogP contribution is -2.53. The number of nitrogens with one attached hydrogen (secondary N) is 2. The molecule has 0 aliphatic heterocycles. The molecule has 0 aromatic carbocycles. The van der Waals surface area contributed by atoms with E-state index in [4.69, 9.17) is 5.73 Å². The Kier molecular flexibility index (Phi) is 10.4. The molecular weight excluding hydrogens is 298 g/mol. The zero-order valence-corrected chi connectivity index (χ0v) is 14.5. The van der Waals surface area contributed by atoms with Gasteiger partial charge in [0.25, 0.3) is 5.91 Å². The highest BCUT2D eigenvalue weighted by Crippen LogP contribution is 2.04. The number of aliphatic hydroxyl groups is 1. The highest BCUT2D eigenvalue weighted by molar-refractivity contribution is 5.90. The van der Waals surface area contributed by atoms with Crippen molar-refractivity contribution in [3.05, 3.63) is 0 Å². The minimum atomic E-state index is -1.35. The largest absolute Gasteiger partial charge is 0.382 e. The number of nitrogens with two attached hydrogens (primary N) is 1. The summed E-state index contributed by atoms with van der Waals surface area (Å²) >= 11 is 0. The van der Waals surface area contributed by atoms with Gasteiger partial charge in [-0.1, -0.05) is 33.6 Å². The molecule has 2 amide bonds. The topological polar surface area (TPSA) is 122 Å². The summed E-state index contributed by atoms with van der Waals surface area (Å²) in [7, 11) is 0. The summed E-state index contributed by atoms with van der Waals surface area (Å²) in [5, 5.41) is 14.9. The third kappa shape index (κ3) is 8.66. The van der Waals surface area contributed by atoms with Crippen molar-refractivity contribution in [1.82, 2.24) is 10.6 Å². The lowest BCUT2D eigenvalue weighted by molar-refractivity contribution is -0.135. The molecule has 0 rings (SSSR count). The number of hydrogen-bond acceptors (Lipinski definition) is 5. The zero-order chi connectivity index (χ0) is 18.0. The summed E-state index contributed by atoms with van der Waals surface area (Å²) < 4.78 is 0. The zero-order valence-electron chi connectivity index (χ0n) is 14.5. The number of amides is 2. The Hall–Kier alpha value is -1.47. The van der Waals surface area contributed by atoms with Crippen LogP contribution in [0.3, 0.4) is 0 Å². The molecule has 0 heterocycles. The molecule has 0 radical (unpaired) electrons. The van der Waals surface area contributed by atoms with Crippen LogP contribution in [-0.2, 0) is 14.4 Å². The van der Waals surface area contributed by atoms with Gasteiger partial charge in [0.05, 0.1) is 6.04 Å². The second-order valence-electron chi connectivity index (χ2n) is 6.36. The molecule has 7 nitrogen and oxygen atoms in total. The van der Waals surface area contributed by atoms with Gasteiger partial charge >= 0.3 is 0 Å². The fraction of sp³-hybridized carbons (Fsp3) is 0.812. The average molecular weight is 329 g/mol. The Labute approximate surface area is 138 Å². The quantitative estimate of drug-likeness (QED) is 0.401. The molecule has 5 N–H and O–H groups in total. The molecule has 7 heteroatoms. The summed E-state index contributed by atoms with van der Waals surface area (Å²) in [4.78, 5) is 34.9. The first kappa shape index (κ1) is 21.5. The number of rotatable bonds is 11. The highest BCUT2D eigenvalue weighted by atomic mass is 16.3. The molecular formula is C16H31N3O4. The number of unbranched alkanes of at least 4 members (excludes halogenated alkanes) is 1. The molecule has 0 aromatic rings. The fourth-order valence-corrected chi connectivity index (χ4v) is 2.12. The first-order chi connectivity index (χ1) is 10.7. The normalized spacial score (nSPS) is 16.3. The van der Waals surface area contributed by atoms with Crippen LogP contribution in [0.5, 0.6) is 0 Å². The predicted molar refractivity (Wildman–Crippen MR) is 88.6 cm³/mol. The van der Waals surface area contributed by atoms with E-state index in [2.05, 4.69) is 10.6 Å². The van der Waals surface area contributed by atoms with Crippen molar-refractivity contribution in [2.75, 3.05) is 0 Å². The summed E-state index contributed by atoms with van der Waals surface area (Å²) in [6.45, 7) is 7.38. The van der Waals surface area contributed by atoms with E-state index in [-0.39, 0.29) is 5.92 Å². The van der Waals surface area contributed by atoms with Crippen LogP contribution in [0.15, 0.2) is 0 Å². The average Bonchev–Trinajstić information content (AvgIpc) is 2.50. The van der Waals surface area contributed by atoms with E-state index in [9.17, 15) is 19.5 Å². The SMILES string of the molecule is CCCC[C@@H](N)[C@H](O)C(=O)N[C@@H](C)C(=O)N[C@H](C=O)CC(C)C.